The van der Waals surface area contributed by atoms with Crippen LogP contribution in [0, 0.1) is 28.7 Å². The van der Waals surface area contributed by atoms with Crippen LogP contribution in [0.1, 0.15) is 11.1 Å². The zero-order chi connectivity index (χ0) is 37.5. The molecule has 0 aliphatic rings. The Hall–Kier alpha value is -5.66. The van der Waals surface area contributed by atoms with Gasteiger partial charge in [-0.15, -0.1) is 80.2 Å². The first-order valence-electron chi connectivity index (χ1n) is 19.8. The molecule has 11 aromatic rings. The molecule has 0 amide bonds. The van der Waals surface area contributed by atoms with Crippen LogP contribution in [-0.2, 0) is 26.2 Å². The molecule has 11 aromatic carbocycles. The van der Waals surface area contributed by atoms with Gasteiger partial charge in [-0.1, -0.05) is 199 Å². The monoisotopic (exact) mass is 848 g/mol. The molecule has 0 atom stereocenters. The van der Waals surface area contributed by atoms with Crippen LogP contribution in [0.5, 0.6) is 0 Å². The molecular formula is C57H46SiZr. The Morgan fingerprint density at radius 1 is 0.373 bits per heavy atom. The van der Waals surface area contributed by atoms with Gasteiger partial charge in [0.1, 0.15) is 8.07 Å². The Morgan fingerprint density at radius 2 is 0.763 bits per heavy atom. The fraction of sp³-hybridized carbons (Fsp3) is 0.0526. The molecule has 0 N–H and O–H groups in total. The molecule has 0 spiro atoms. The summed E-state index contributed by atoms with van der Waals surface area (Å²) >= 11 is 0. The van der Waals surface area contributed by atoms with Gasteiger partial charge in [0.2, 0.25) is 0 Å². The number of benzene rings is 9. The Bertz CT molecular complexity index is 3140. The zero-order valence-corrected chi connectivity index (χ0v) is 37.9. The van der Waals surface area contributed by atoms with Gasteiger partial charge < -0.3 is 14.9 Å². The summed E-state index contributed by atoms with van der Waals surface area (Å²) in [5.41, 5.74) is 7.99. The van der Waals surface area contributed by atoms with E-state index in [0.29, 0.717) is 0 Å². The van der Waals surface area contributed by atoms with Gasteiger partial charge in [-0.25, -0.2) is 0 Å². The molecule has 0 nitrogen and oxygen atoms in total. The number of aryl methyl sites for hydroxylation is 2. The minimum Gasteiger partial charge on any atom is -0.358 e. The van der Waals surface area contributed by atoms with Crippen molar-refractivity contribution in [3.8, 4) is 22.3 Å². The van der Waals surface area contributed by atoms with E-state index in [4.69, 9.17) is 0 Å². The van der Waals surface area contributed by atoms with Gasteiger partial charge in [-0.2, -0.15) is 0 Å². The van der Waals surface area contributed by atoms with E-state index in [2.05, 4.69) is 208 Å². The second-order valence-electron chi connectivity index (χ2n) is 15.8. The third-order valence-corrected chi connectivity index (χ3v) is 17.2. The summed E-state index contributed by atoms with van der Waals surface area (Å²) in [4.78, 5) is 0. The quantitative estimate of drug-likeness (QED) is 0.0700. The topological polar surface area (TPSA) is 0 Å². The molecule has 2 heteroatoms. The smallest absolute Gasteiger partial charge is 0.358 e. The molecule has 0 saturated carbocycles. The summed E-state index contributed by atoms with van der Waals surface area (Å²) in [5, 5.41) is 20.1. The average molecular weight is 850 g/mol. The van der Waals surface area contributed by atoms with Gasteiger partial charge in [-0.3, -0.25) is 0 Å². The first-order valence-corrected chi connectivity index (χ1v) is 22.3. The van der Waals surface area contributed by atoms with Crippen molar-refractivity contribution in [1.82, 2.24) is 0 Å². The van der Waals surface area contributed by atoms with Gasteiger partial charge in [0.15, 0.2) is 0 Å². The molecule has 0 saturated heterocycles. The molecule has 0 aliphatic heterocycles. The second-order valence-corrected chi connectivity index (χ2v) is 19.7. The fourth-order valence-electron chi connectivity index (χ4n) is 10.2. The van der Waals surface area contributed by atoms with Crippen molar-refractivity contribution < 1.29 is 26.2 Å². The van der Waals surface area contributed by atoms with Gasteiger partial charge in [0.25, 0.3) is 0 Å². The van der Waals surface area contributed by atoms with Crippen molar-refractivity contribution in [2.45, 2.75) is 20.4 Å². The van der Waals surface area contributed by atoms with E-state index in [0.717, 1.165) is 0 Å². The van der Waals surface area contributed by atoms with E-state index >= 15 is 0 Å². The van der Waals surface area contributed by atoms with Crippen molar-refractivity contribution in [3.63, 3.8) is 0 Å². The maximum Gasteiger partial charge on any atom is 4.00 e. The molecular weight excluding hydrogens is 804 g/mol. The number of rotatable bonds is 5. The van der Waals surface area contributed by atoms with Crippen LogP contribution < -0.4 is 15.6 Å². The number of hydrogen-bond acceptors (Lipinski definition) is 0. The Labute approximate surface area is 368 Å². The maximum absolute atomic E-state index is 2.75. The van der Waals surface area contributed by atoms with Crippen LogP contribution in [0.2, 0.25) is 6.55 Å². The molecule has 0 fully saturated rings. The number of hydrogen-bond donors (Lipinski definition) is 0. The van der Waals surface area contributed by atoms with Gasteiger partial charge >= 0.3 is 26.2 Å². The van der Waals surface area contributed by atoms with E-state index in [1.165, 1.54) is 114 Å². The molecule has 0 aromatic heterocycles. The molecule has 282 valence electrons. The van der Waals surface area contributed by atoms with Crippen molar-refractivity contribution in [3.05, 3.63) is 214 Å². The minimum atomic E-state index is -2.75. The zero-order valence-electron chi connectivity index (χ0n) is 34.4. The van der Waals surface area contributed by atoms with Crippen LogP contribution in [0.25, 0.3) is 86.9 Å². The molecule has 11 rings (SSSR count). The van der Waals surface area contributed by atoms with E-state index in [1.807, 2.05) is 0 Å². The maximum atomic E-state index is 2.61. The summed E-state index contributed by atoms with van der Waals surface area (Å²) in [6.45, 7) is 7.24. The molecule has 0 radical (unpaired) electrons. The standard InChI is InChI=1S/C55H40Si.2CH3.Zr/c1-35-33-41-19-13-27-48(54(41)50(35)46-25-11-17-39-31-29-37-15-7-9-23-44(37)52(39)46)56(3,43-21-5-4-6-22-43)49-28-14-20-42-34-36(2)51(55(42)49)47-26-12-18-40-32-30-38-16-8-10-24-45(38)53(40)47;;;/h4-34H,1-3H3;2*1H3;/q-2;2*-1;+4. The third kappa shape index (κ3) is 6.03. The molecule has 0 bridgehead atoms. The third-order valence-electron chi connectivity index (χ3n) is 12.7. The summed E-state index contributed by atoms with van der Waals surface area (Å²) in [6.07, 6.45) is 0. The Balaban J connectivity index is 0.00000161. The predicted molar refractivity (Wildman–Crippen MR) is 259 cm³/mol. The first-order chi connectivity index (χ1) is 27.5. The normalized spacial score (nSPS) is 11.6. The van der Waals surface area contributed by atoms with Gasteiger partial charge in [-0.05, 0) is 43.1 Å². The SMILES string of the molecule is Cc1[cH-]c2cccc([Si](C)(c3ccccc3)c3cccc4[cH-]c(C)c(-c5cccc6ccc7ccccc7c56)c34)c2c1-c1cccc2ccc3ccccc3c12.[CH3-].[CH3-].[Zr+4]. The van der Waals surface area contributed by atoms with Crippen molar-refractivity contribution >= 4 is 88.3 Å². The second kappa shape index (κ2) is 15.5. The predicted octanol–water partition coefficient (Wildman–Crippen LogP) is 14.0. The fourth-order valence-corrected chi connectivity index (χ4v) is 14.4. The molecule has 0 aliphatic carbocycles. The number of fused-ring (bicyclic) bond motifs is 8. The molecule has 59 heavy (non-hydrogen) atoms. The van der Waals surface area contributed by atoms with Gasteiger partial charge in [0.05, 0.1) is 0 Å². The Kier molecular flexibility index (Phi) is 10.5. The molecule has 0 unspecified atom stereocenters. The minimum absolute atomic E-state index is 0. The van der Waals surface area contributed by atoms with Crippen molar-refractivity contribution in [1.29, 1.82) is 0 Å². The van der Waals surface area contributed by atoms with E-state index in [-0.39, 0.29) is 41.1 Å². The van der Waals surface area contributed by atoms with E-state index < -0.39 is 8.07 Å². The van der Waals surface area contributed by atoms with Crippen LogP contribution in [-0.4, -0.2) is 8.07 Å². The summed E-state index contributed by atoms with van der Waals surface area (Å²) < 4.78 is 0. The van der Waals surface area contributed by atoms with Crippen LogP contribution in [0.4, 0.5) is 0 Å². The van der Waals surface area contributed by atoms with E-state index in [1.54, 1.807) is 0 Å². The van der Waals surface area contributed by atoms with Crippen LogP contribution in [0.15, 0.2) is 188 Å². The van der Waals surface area contributed by atoms with E-state index in [9.17, 15) is 0 Å². The Morgan fingerprint density at radius 3 is 1.24 bits per heavy atom. The van der Waals surface area contributed by atoms with Crippen molar-refractivity contribution in [2.75, 3.05) is 0 Å². The van der Waals surface area contributed by atoms with Crippen LogP contribution in [0.3, 0.4) is 0 Å². The average Bonchev–Trinajstić information content (AvgIpc) is 3.77. The van der Waals surface area contributed by atoms with Crippen molar-refractivity contribution in [2.24, 2.45) is 0 Å². The van der Waals surface area contributed by atoms with Gasteiger partial charge in [0, 0.05) is 0 Å². The summed E-state index contributed by atoms with van der Waals surface area (Å²) in [7, 11) is -2.75. The first kappa shape index (κ1) is 40.1. The largest absolute Gasteiger partial charge is 4.00 e. The molecule has 0 heterocycles. The summed E-state index contributed by atoms with van der Waals surface area (Å²) in [5.74, 6) is 0. The van der Waals surface area contributed by atoms with Crippen LogP contribution >= 0.6 is 0 Å². The summed E-state index contributed by atoms with van der Waals surface area (Å²) in [6, 6.07) is 71.1.